The summed E-state index contributed by atoms with van der Waals surface area (Å²) in [4.78, 5) is 17.1. The van der Waals surface area contributed by atoms with E-state index < -0.39 is 0 Å². The lowest BCUT2D eigenvalue weighted by molar-refractivity contribution is -0.122. The number of ether oxygens (including phenoxy) is 2. The number of amides is 1. The van der Waals surface area contributed by atoms with E-state index >= 15 is 0 Å². The molecule has 0 aromatic carbocycles. The fourth-order valence-corrected chi connectivity index (χ4v) is 4.00. The zero-order valence-corrected chi connectivity index (χ0v) is 17.2. The molecule has 6 nitrogen and oxygen atoms in total. The molecule has 0 spiro atoms. The van der Waals surface area contributed by atoms with Crippen LogP contribution in [0.4, 0.5) is 0 Å². The molecule has 2 heterocycles. The first kappa shape index (κ1) is 21.6. The fraction of sp³-hybridized carbons (Fsp3) is 0.950. The summed E-state index contributed by atoms with van der Waals surface area (Å²) in [6.07, 6.45) is 3.86. The number of carbonyl (C=O) groups excluding carboxylic acids is 1. The summed E-state index contributed by atoms with van der Waals surface area (Å²) in [6.45, 7) is 15.4. The summed E-state index contributed by atoms with van der Waals surface area (Å²) in [6, 6.07) is 0.493. The molecule has 0 aliphatic carbocycles. The van der Waals surface area contributed by atoms with Crippen LogP contribution in [0.1, 0.15) is 47.0 Å². The minimum Gasteiger partial charge on any atom is -0.381 e. The number of rotatable bonds is 10. The quantitative estimate of drug-likeness (QED) is 0.595. The Morgan fingerprint density at radius 2 is 2.00 bits per heavy atom. The SMILES string of the molecule is CC(C)COCCCNC(=O)CN1CCCC1CN1CC(C)OC(C)C1. The number of hydrogen-bond acceptors (Lipinski definition) is 5. The Hall–Kier alpha value is -0.690. The zero-order valence-electron chi connectivity index (χ0n) is 17.2. The van der Waals surface area contributed by atoms with Crippen molar-refractivity contribution in [1.82, 2.24) is 15.1 Å². The number of carbonyl (C=O) groups is 1. The van der Waals surface area contributed by atoms with Crippen LogP contribution in [-0.2, 0) is 14.3 Å². The largest absolute Gasteiger partial charge is 0.381 e. The van der Waals surface area contributed by atoms with Gasteiger partial charge in [0.25, 0.3) is 0 Å². The fourth-order valence-electron chi connectivity index (χ4n) is 4.00. The summed E-state index contributed by atoms with van der Waals surface area (Å²) in [5.74, 6) is 0.707. The van der Waals surface area contributed by atoms with Gasteiger partial charge in [0.15, 0.2) is 0 Å². The van der Waals surface area contributed by atoms with Gasteiger partial charge in [-0.1, -0.05) is 13.8 Å². The minimum absolute atomic E-state index is 0.143. The molecule has 0 aromatic rings. The first-order valence-electron chi connectivity index (χ1n) is 10.4. The normalized spacial score (nSPS) is 28.0. The highest BCUT2D eigenvalue weighted by atomic mass is 16.5. The van der Waals surface area contributed by atoms with Crippen molar-refractivity contribution in [3.63, 3.8) is 0 Å². The van der Waals surface area contributed by atoms with Crippen LogP contribution in [0.25, 0.3) is 0 Å². The van der Waals surface area contributed by atoms with Gasteiger partial charge in [0.2, 0.25) is 5.91 Å². The van der Waals surface area contributed by atoms with Crippen LogP contribution in [0.15, 0.2) is 0 Å². The Balaban J connectivity index is 1.63. The third-order valence-electron chi connectivity index (χ3n) is 5.05. The summed E-state index contributed by atoms with van der Waals surface area (Å²) in [7, 11) is 0. The molecule has 2 aliphatic heterocycles. The lowest BCUT2D eigenvalue weighted by Crippen LogP contribution is -2.51. The lowest BCUT2D eigenvalue weighted by atomic mass is 10.1. The van der Waals surface area contributed by atoms with Crippen molar-refractivity contribution in [2.45, 2.75) is 65.2 Å². The minimum atomic E-state index is 0.143. The second kappa shape index (κ2) is 11.2. The highest BCUT2D eigenvalue weighted by Gasteiger charge is 2.30. The maximum atomic E-state index is 12.3. The molecule has 2 rings (SSSR count). The molecule has 0 aromatic heterocycles. The van der Waals surface area contributed by atoms with Crippen molar-refractivity contribution >= 4 is 5.91 Å². The molecule has 2 saturated heterocycles. The number of likely N-dealkylation sites (tertiary alicyclic amines) is 1. The van der Waals surface area contributed by atoms with Gasteiger partial charge in [-0.3, -0.25) is 14.6 Å². The Morgan fingerprint density at radius 3 is 2.69 bits per heavy atom. The molecule has 0 bridgehead atoms. The molecule has 3 unspecified atom stereocenters. The molecular formula is C20H39N3O3. The number of nitrogens with one attached hydrogen (secondary N) is 1. The monoisotopic (exact) mass is 369 g/mol. The van der Waals surface area contributed by atoms with Gasteiger partial charge in [-0.2, -0.15) is 0 Å². The van der Waals surface area contributed by atoms with E-state index in [0.29, 0.717) is 37.3 Å². The van der Waals surface area contributed by atoms with E-state index in [9.17, 15) is 4.79 Å². The van der Waals surface area contributed by atoms with Gasteiger partial charge in [0, 0.05) is 45.4 Å². The number of nitrogens with zero attached hydrogens (tertiary/aromatic N) is 2. The molecule has 2 fully saturated rings. The van der Waals surface area contributed by atoms with Crippen LogP contribution in [0.2, 0.25) is 0 Å². The lowest BCUT2D eigenvalue weighted by Gasteiger charge is -2.38. The molecule has 1 amide bonds. The maximum Gasteiger partial charge on any atom is 0.234 e. The van der Waals surface area contributed by atoms with E-state index in [1.54, 1.807) is 0 Å². The van der Waals surface area contributed by atoms with Crippen LogP contribution in [-0.4, -0.2) is 86.4 Å². The average Bonchev–Trinajstić information content (AvgIpc) is 2.96. The molecule has 152 valence electrons. The number of morpholine rings is 1. The highest BCUT2D eigenvalue weighted by molar-refractivity contribution is 5.78. The molecule has 0 saturated carbocycles. The predicted octanol–water partition coefficient (Wildman–Crippen LogP) is 1.74. The zero-order chi connectivity index (χ0) is 18.9. The Labute approximate surface area is 159 Å². The third-order valence-corrected chi connectivity index (χ3v) is 5.05. The molecular weight excluding hydrogens is 330 g/mol. The van der Waals surface area contributed by atoms with Crippen LogP contribution >= 0.6 is 0 Å². The molecule has 3 atom stereocenters. The van der Waals surface area contributed by atoms with E-state index in [1.165, 1.54) is 12.8 Å². The smallest absolute Gasteiger partial charge is 0.234 e. The maximum absolute atomic E-state index is 12.3. The van der Waals surface area contributed by atoms with E-state index in [0.717, 1.165) is 45.8 Å². The third kappa shape index (κ3) is 7.91. The van der Waals surface area contributed by atoms with Crippen LogP contribution in [0.5, 0.6) is 0 Å². The van der Waals surface area contributed by atoms with Gasteiger partial charge in [-0.05, 0) is 45.6 Å². The Kier molecular flexibility index (Phi) is 9.33. The van der Waals surface area contributed by atoms with Gasteiger partial charge in [-0.25, -0.2) is 0 Å². The molecule has 0 radical (unpaired) electrons. The van der Waals surface area contributed by atoms with Gasteiger partial charge in [0.05, 0.1) is 18.8 Å². The Bertz CT molecular complexity index is 409. The Morgan fingerprint density at radius 1 is 1.27 bits per heavy atom. The van der Waals surface area contributed by atoms with E-state index in [1.807, 2.05) is 0 Å². The van der Waals surface area contributed by atoms with Crippen molar-refractivity contribution in [3.05, 3.63) is 0 Å². The summed E-state index contributed by atoms with van der Waals surface area (Å²) in [5, 5.41) is 3.04. The molecule has 2 aliphatic rings. The van der Waals surface area contributed by atoms with Crippen molar-refractivity contribution in [1.29, 1.82) is 0 Å². The van der Waals surface area contributed by atoms with Crippen LogP contribution in [0.3, 0.4) is 0 Å². The van der Waals surface area contributed by atoms with Crippen LogP contribution < -0.4 is 5.32 Å². The first-order chi connectivity index (χ1) is 12.4. The second-order valence-electron chi connectivity index (χ2n) is 8.41. The van der Waals surface area contributed by atoms with Crippen molar-refractivity contribution in [2.75, 3.05) is 52.5 Å². The topological polar surface area (TPSA) is 54.0 Å². The van der Waals surface area contributed by atoms with Crippen molar-refractivity contribution in [2.24, 2.45) is 5.92 Å². The molecule has 26 heavy (non-hydrogen) atoms. The van der Waals surface area contributed by atoms with Crippen molar-refractivity contribution < 1.29 is 14.3 Å². The van der Waals surface area contributed by atoms with Gasteiger partial charge in [0.1, 0.15) is 0 Å². The average molecular weight is 370 g/mol. The number of hydrogen-bond donors (Lipinski definition) is 1. The second-order valence-corrected chi connectivity index (χ2v) is 8.41. The highest BCUT2D eigenvalue weighted by Crippen LogP contribution is 2.20. The van der Waals surface area contributed by atoms with Gasteiger partial charge < -0.3 is 14.8 Å². The van der Waals surface area contributed by atoms with Gasteiger partial charge >= 0.3 is 0 Å². The van der Waals surface area contributed by atoms with Crippen LogP contribution in [0, 0.1) is 5.92 Å². The van der Waals surface area contributed by atoms with E-state index in [2.05, 4.69) is 42.8 Å². The molecule has 1 N–H and O–H groups in total. The summed E-state index contributed by atoms with van der Waals surface area (Å²) in [5.41, 5.74) is 0. The molecule has 6 heteroatoms. The summed E-state index contributed by atoms with van der Waals surface area (Å²) >= 11 is 0. The van der Waals surface area contributed by atoms with E-state index in [4.69, 9.17) is 9.47 Å². The summed E-state index contributed by atoms with van der Waals surface area (Å²) < 4.78 is 11.4. The van der Waals surface area contributed by atoms with Gasteiger partial charge in [-0.15, -0.1) is 0 Å². The standard InChI is InChI=1S/C20H39N3O3/c1-16(2)15-25-10-6-8-21-20(24)14-23-9-5-7-19(23)13-22-11-17(3)26-18(4)12-22/h16-19H,5-15H2,1-4H3,(H,21,24). The first-order valence-corrected chi connectivity index (χ1v) is 10.4. The van der Waals surface area contributed by atoms with E-state index in [-0.39, 0.29) is 5.91 Å². The predicted molar refractivity (Wildman–Crippen MR) is 104 cm³/mol. The van der Waals surface area contributed by atoms with Crippen molar-refractivity contribution in [3.8, 4) is 0 Å².